The third kappa shape index (κ3) is 1.59. The van der Waals surface area contributed by atoms with Gasteiger partial charge in [0.2, 0.25) is 0 Å². The Labute approximate surface area is 96.7 Å². The molecule has 3 heteroatoms. The molecule has 1 aromatic heterocycles. The van der Waals surface area contributed by atoms with E-state index >= 15 is 0 Å². The first-order valence-corrected chi connectivity index (χ1v) is 6.17. The minimum absolute atomic E-state index is 0.429. The van der Waals surface area contributed by atoms with Gasteiger partial charge in [-0.25, -0.2) is 0 Å². The van der Waals surface area contributed by atoms with Crippen LogP contribution in [0.1, 0.15) is 18.5 Å². The number of nitrogens with zero attached hydrogens (tertiary/aromatic N) is 2. The van der Waals surface area contributed by atoms with Crippen molar-refractivity contribution in [2.45, 2.75) is 25.8 Å². The molecule has 2 fully saturated rings. The average Bonchev–Trinajstić information content (AvgIpc) is 2.81. The molecular weight excluding hydrogens is 198 g/mol. The molecule has 1 saturated heterocycles. The molecule has 0 amide bonds. The summed E-state index contributed by atoms with van der Waals surface area (Å²) in [5.74, 6) is 1.54. The molecule has 0 bridgehead atoms. The molecule has 2 aliphatic rings. The Balaban J connectivity index is 1.79. The molecule has 3 unspecified atom stereocenters. The molecule has 1 aromatic rings. The summed E-state index contributed by atoms with van der Waals surface area (Å²) in [6.07, 6.45) is 4.43. The fourth-order valence-corrected chi connectivity index (χ4v) is 3.25. The van der Waals surface area contributed by atoms with Gasteiger partial charge in [0.1, 0.15) is 0 Å². The van der Waals surface area contributed by atoms with E-state index in [0.29, 0.717) is 12.0 Å². The summed E-state index contributed by atoms with van der Waals surface area (Å²) >= 11 is 0. The number of anilines is 1. The highest BCUT2D eigenvalue weighted by Crippen LogP contribution is 2.38. The maximum atomic E-state index is 6.15. The quantitative estimate of drug-likeness (QED) is 0.776. The molecule has 86 valence electrons. The molecular formula is C13H19N3. The SMILES string of the molecule is Cc1cc(N2CC3CCC(N)C3C2)ccn1. The zero-order chi connectivity index (χ0) is 11.1. The Morgan fingerprint density at radius 3 is 3.00 bits per heavy atom. The van der Waals surface area contributed by atoms with Gasteiger partial charge in [-0.15, -0.1) is 0 Å². The van der Waals surface area contributed by atoms with Gasteiger partial charge in [0.15, 0.2) is 0 Å². The minimum atomic E-state index is 0.429. The van der Waals surface area contributed by atoms with Gasteiger partial charge in [-0.05, 0) is 43.7 Å². The van der Waals surface area contributed by atoms with Crippen LogP contribution >= 0.6 is 0 Å². The average molecular weight is 217 g/mol. The molecule has 2 heterocycles. The Morgan fingerprint density at radius 1 is 1.38 bits per heavy atom. The van der Waals surface area contributed by atoms with Crippen molar-refractivity contribution in [3.05, 3.63) is 24.0 Å². The maximum absolute atomic E-state index is 6.15. The lowest BCUT2D eigenvalue weighted by atomic mass is 9.98. The summed E-state index contributed by atoms with van der Waals surface area (Å²) in [6, 6.07) is 4.71. The second-order valence-corrected chi connectivity index (χ2v) is 5.23. The van der Waals surface area contributed by atoms with Crippen molar-refractivity contribution in [1.29, 1.82) is 0 Å². The zero-order valence-electron chi connectivity index (χ0n) is 9.76. The van der Waals surface area contributed by atoms with Crippen LogP contribution < -0.4 is 10.6 Å². The summed E-state index contributed by atoms with van der Waals surface area (Å²) in [7, 11) is 0. The van der Waals surface area contributed by atoms with Crippen molar-refractivity contribution in [3.63, 3.8) is 0 Å². The molecule has 0 aromatic carbocycles. The second-order valence-electron chi connectivity index (χ2n) is 5.23. The predicted octanol–water partition coefficient (Wildman–Crippen LogP) is 1.56. The van der Waals surface area contributed by atoms with E-state index in [1.54, 1.807) is 0 Å². The van der Waals surface area contributed by atoms with Crippen LogP contribution in [0.3, 0.4) is 0 Å². The fourth-order valence-electron chi connectivity index (χ4n) is 3.25. The van der Waals surface area contributed by atoms with Crippen molar-refractivity contribution in [1.82, 2.24) is 4.98 Å². The number of rotatable bonds is 1. The van der Waals surface area contributed by atoms with E-state index in [1.807, 2.05) is 13.1 Å². The van der Waals surface area contributed by atoms with E-state index in [9.17, 15) is 0 Å². The third-order valence-corrected chi connectivity index (χ3v) is 4.16. The summed E-state index contributed by atoms with van der Waals surface area (Å²) in [4.78, 5) is 6.72. The molecule has 3 atom stereocenters. The Hall–Kier alpha value is -1.09. The molecule has 3 rings (SSSR count). The Bertz CT molecular complexity index is 391. The summed E-state index contributed by atoms with van der Waals surface area (Å²) in [5.41, 5.74) is 8.56. The number of hydrogen-bond donors (Lipinski definition) is 1. The maximum Gasteiger partial charge on any atom is 0.0399 e. The van der Waals surface area contributed by atoms with Gasteiger partial charge in [-0.2, -0.15) is 0 Å². The molecule has 3 nitrogen and oxygen atoms in total. The number of nitrogens with two attached hydrogens (primary N) is 1. The van der Waals surface area contributed by atoms with Crippen molar-refractivity contribution in [3.8, 4) is 0 Å². The Morgan fingerprint density at radius 2 is 2.25 bits per heavy atom. The second kappa shape index (κ2) is 3.74. The lowest BCUT2D eigenvalue weighted by Crippen LogP contribution is -2.30. The van der Waals surface area contributed by atoms with Crippen LogP contribution in [0, 0.1) is 18.8 Å². The number of hydrogen-bond acceptors (Lipinski definition) is 3. The molecule has 2 N–H and O–H groups in total. The number of pyridine rings is 1. The topological polar surface area (TPSA) is 42.1 Å². The molecule has 1 aliphatic carbocycles. The van der Waals surface area contributed by atoms with Crippen molar-refractivity contribution >= 4 is 5.69 Å². The minimum Gasteiger partial charge on any atom is -0.371 e. The van der Waals surface area contributed by atoms with Crippen LogP contribution in [-0.2, 0) is 0 Å². The van der Waals surface area contributed by atoms with Crippen LogP contribution in [0.2, 0.25) is 0 Å². The highest BCUT2D eigenvalue weighted by Gasteiger charge is 2.40. The van der Waals surface area contributed by atoms with E-state index in [2.05, 4.69) is 22.0 Å². The van der Waals surface area contributed by atoms with Gasteiger partial charge in [0.05, 0.1) is 0 Å². The number of fused-ring (bicyclic) bond motifs is 1. The molecule has 1 aliphatic heterocycles. The van der Waals surface area contributed by atoms with E-state index in [0.717, 1.165) is 18.2 Å². The first-order valence-electron chi connectivity index (χ1n) is 6.17. The van der Waals surface area contributed by atoms with Crippen LogP contribution in [0.5, 0.6) is 0 Å². The highest BCUT2D eigenvalue weighted by molar-refractivity contribution is 5.48. The third-order valence-electron chi connectivity index (χ3n) is 4.16. The van der Waals surface area contributed by atoms with Crippen LogP contribution in [0.4, 0.5) is 5.69 Å². The van der Waals surface area contributed by atoms with Gasteiger partial charge in [-0.1, -0.05) is 0 Å². The molecule has 16 heavy (non-hydrogen) atoms. The largest absolute Gasteiger partial charge is 0.371 e. The normalized spacial score (nSPS) is 33.1. The van der Waals surface area contributed by atoms with Gasteiger partial charge in [0, 0.05) is 36.7 Å². The lowest BCUT2D eigenvalue weighted by Gasteiger charge is -2.20. The van der Waals surface area contributed by atoms with Gasteiger partial charge < -0.3 is 10.6 Å². The van der Waals surface area contributed by atoms with Gasteiger partial charge in [-0.3, -0.25) is 4.98 Å². The first-order chi connectivity index (χ1) is 7.74. The summed E-state index contributed by atoms with van der Waals surface area (Å²) in [5, 5.41) is 0. The van der Waals surface area contributed by atoms with Crippen molar-refractivity contribution in [2.24, 2.45) is 17.6 Å². The van der Waals surface area contributed by atoms with Gasteiger partial charge >= 0.3 is 0 Å². The number of aryl methyl sites for hydroxylation is 1. The zero-order valence-corrected chi connectivity index (χ0v) is 9.76. The van der Waals surface area contributed by atoms with Crippen LogP contribution in [0.25, 0.3) is 0 Å². The summed E-state index contributed by atoms with van der Waals surface area (Å²) in [6.45, 7) is 4.36. The predicted molar refractivity (Wildman–Crippen MR) is 65.4 cm³/mol. The lowest BCUT2D eigenvalue weighted by molar-refractivity contribution is 0.453. The number of aromatic nitrogens is 1. The van der Waals surface area contributed by atoms with E-state index in [1.165, 1.54) is 25.1 Å². The van der Waals surface area contributed by atoms with Crippen molar-refractivity contribution in [2.75, 3.05) is 18.0 Å². The molecule has 0 spiro atoms. The van der Waals surface area contributed by atoms with Crippen molar-refractivity contribution < 1.29 is 0 Å². The monoisotopic (exact) mass is 217 g/mol. The Kier molecular flexibility index (Phi) is 2.36. The molecule has 1 saturated carbocycles. The van der Waals surface area contributed by atoms with Crippen LogP contribution in [-0.4, -0.2) is 24.1 Å². The van der Waals surface area contributed by atoms with E-state index in [4.69, 9.17) is 5.73 Å². The highest BCUT2D eigenvalue weighted by atomic mass is 15.2. The van der Waals surface area contributed by atoms with E-state index in [-0.39, 0.29) is 0 Å². The summed E-state index contributed by atoms with van der Waals surface area (Å²) < 4.78 is 0. The molecule has 0 radical (unpaired) electrons. The van der Waals surface area contributed by atoms with Crippen LogP contribution in [0.15, 0.2) is 18.3 Å². The smallest absolute Gasteiger partial charge is 0.0399 e. The van der Waals surface area contributed by atoms with E-state index < -0.39 is 0 Å². The van der Waals surface area contributed by atoms with Gasteiger partial charge in [0.25, 0.3) is 0 Å². The first kappa shape index (κ1) is 10.1. The standard InChI is InChI=1S/C13H19N3/c1-9-6-11(4-5-15-9)16-7-10-2-3-13(14)12(10)8-16/h4-6,10,12-13H,2-3,7-8,14H2,1H3. The fraction of sp³-hybridized carbons (Fsp3) is 0.615.